The molecule has 2 aliphatic rings. The molecule has 0 radical (unpaired) electrons. The molecule has 136 valence electrons. The van der Waals surface area contributed by atoms with Crippen LogP contribution in [0.1, 0.15) is 30.4 Å². The lowest BCUT2D eigenvalue weighted by Gasteiger charge is -2.70. The Labute approximate surface area is 154 Å². The Morgan fingerprint density at radius 1 is 1.23 bits per heavy atom. The number of rotatable bonds is 5. The van der Waals surface area contributed by atoms with Gasteiger partial charge in [-0.1, -0.05) is 43.3 Å². The molecule has 2 saturated heterocycles. The van der Waals surface area contributed by atoms with Gasteiger partial charge in [-0.05, 0) is 17.2 Å². The highest BCUT2D eigenvalue weighted by molar-refractivity contribution is 5.79. The zero-order valence-electron chi connectivity index (χ0n) is 15.1. The van der Waals surface area contributed by atoms with Gasteiger partial charge >= 0.3 is 0 Å². The van der Waals surface area contributed by atoms with E-state index < -0.39 is 0 Å². The van der Waals surface area contributed by atoms with Gasteiger partial charge in [0.15, 0.2) is 0 Å². The van der Waals surface area contributed by atoms with Gasteiger partial charge in [0.1, 0.15) is 0 Å². The number of nitrogens with zero attached hydrogens (tertiary/aromatic N) is 3. The second-order valence-corrected chi connectivity index (χ2v) is 7.37. The number of likely N-dealkylation sites (tertiary alicyclic amines) is 2. The van der Waals surface area contributed by atoms with Crippen LogP contribution < -0.4 is 0 Å². The van der Waals surface area contributed by atoms with E-state index in [2.05, 4.69) is 28.1 Å². The fourth-order valence-electron chi connectivity index (χ4n) is 4.83. The Morgan fingerprint density at radius 2 is 2.00 bits per heavy atom. The van der Waals surface area contributed by atoms with E-state index in [0.29, 0.717) is 6.42 Å². The number of aliphatic hydroxyl groups excluding tert-OH is 1. The SMILES string of the molecule is CCC(=O)N1[C@@H](CO)[C@@H](c2ccccc2)C12CN(Cc1cccnc1)C2. The summed E-state index contributed by atoms with van der Waals surface area (Å²) in [6.07, 6.45) is 4.15. The van der Waals surface area contributed by atoms with Crippen molar-refractivity contribution >= 4 is 5.91 Å². The summed E-state index contributed by atoms with van der Waals surface area (Å²) in [6, 6.07) is 14.2. The van der Waals surface area contributed by atoms with Gasteiger partial charge in [0, 0.05) is 44.4 Å². The average Bonchev–Trinajstić information content (AvgIpc) is 2.64. The standard InChI is InChI=1S/C21H25N3O2/c1-2-19(26)24-18(13-25)20(17-8-4-3-5-9-17)21(24)14-23(15-21)12-16-7-6-10-22-11-16/h3-11,18,20,25H,2,12-15H2,1H3/t18-,20+/m0/s1. The van der Waals surface area contributed by atoms with Crippen molar-refractivity contribution in [2.75, 3.05) is 19.7 Å². The Hall–Kier alpha value is -2.24. The summed E-state index contributed by atoms with van der Waals surface area (Å²) >= 11 is 0. The van der Waals surface area contributed by atoms with Crippen molar-refractivity contribution in [1.29, 1.82) is 0 Å². The normalized spacial score (nSPS) is 24.2. The first kappa shape index (κ1) is 17.2. The molecule has 4 rings (SSSR count). The minimum atomic E-state index is -0.190. The molecule has 2 aliphatic heterocycles. The third kappa shape index (κ3) is 2.63. The van der Waals surface area contributed by atoms with Crippen LogP contribution in [0.25, 0.3) is 0 Å². The van der Waals surface area contributed by atoms with Crippen LogP contribution in [0, 0.1) is 0 Å². The van der Waals surface area contributed by atoms with Gasteiger partial charge in [0.05, 0.1) is 18.2 Å². The van der Waals surface area contributed by atoms with Crippen LogP contribution >= 0.6 is 0 Å². The first-order valence-electron chi connectivity index (χ1n) is 9.29. The average molecular weight is 351 g/mol. The van der Waals surface area contributed by atoms with Crippen LogP contribution in [0.2, 0.25) is 0 Å². The molecule has 0 bridgehead atoms. The Bertz CT molecular complexity index is 759. The maximum atomic E-state index is 12.6. The van der Waals surface area contributed by atoms with Crippen LogP contribution in [-0.2, 0) is 11.3 Å². The van der Waals surface area contributed by atoms with E-state index in [1.165, 1.54) is 11.1 Å². The predicted octanol–water partition coefficient (Wildman–Crippen LogP) is 2.03. The molecule has 1 aromatic carbocycles. The van der Waals surface area contributed by atoms with Crippen LogP contribution in [0.4, 0.5) is 0 Å². The number of carbonyl (C=O) groups excluding carboxylic acids is 1. The number of hydrogen-bond acceptors (Lipinski definition) is 4. The summed E-state index contributed by atoms with van der Waals surface area (Å²) in [5.74, 6) is 0.326. The largest absolute Gasteiger partial charge is 0.394 e. The second-order valence-electron chi connectivity index (χ2n) is 7.37. The highest BCUT2D eigenvalue weighted by Gasteiger charge is 2.66. The van der Waals surface area contributed by atoms with E-state index in [1.54, 1.807) is 6.20 Å². The molecule has 2 aromatic rings. The quantitative estimate of drug-likeness (QED) is 0.896. The molecule has 0 saturated carbocycles. The summed E-state index contributed by atoms with van der Waals surface area (Å²) in [6.45, 7) is 4.42. The van der Waals surface area contributed by atoms with Gasteiger partial charge in [-0.25, -0.2) is 0 Å². The van der Waals surface area contributed by atoms with Crippen molar-refractivity contribution in [2.45, 2.75) is 37.4 Å². The van der Waals surface area contributed by atoms with Crippen molar-refractivity contribution in [3.05, 3.63) is 66.0 Å². The minimum Gasteiger partial charge on any atom is -0.394 e. The zero-order chi connectivity index (χ0) is 18.1. The van der Waals surface area contributed by atoms with Crippen molar-refractivity contribution < 1.29 is 9.90 Å². The maximum Gasteiger partial charge on any atom is 0.223 e. The fraction of sp³-hybridized carbons (Fsp3) is 0.429. The lowest BCUT2D eigenvalue weighted by molar-refractivity contribution is -0.201. The monoisotopic (exact) mass is 351 g/mol. The molecule has 0 unspecified atom stereocenters. The van der Waals surface area contributed by atoms with Gasteiger partial charge in [-0.2, -0.15) is 0 Å². The molecule has 0 aliphatic carbocycles. The minimum absolute atomic E-state index is 0.00958. The topological polar surface area (TPSA) is 56.7 Å². The molecule has 2 fully saturated rings. The van der Waals surface area contributed by atoms with E-state index in [-0.39, 0.29) is 30.0 Å². The molecule has 1 amide bonds. The van der Waals surface area contributed by atoms with Crippen LogP contribution in [0.3, 0.4) is 0 Å². The van der Waals surface area contributed by atoms with E-state index in [4.69, 9.17) is 0 Å². The third-order valence-electron chi connectivity index (χ3n) is 5.82. The number of amides is 1. The number of hydrogen-bond donors (Lipinski definition) is 1. The van der Waals surface area contributed by atoms with Gasteiger partial charge in [0.25, 0.3) is 0 Å². The highest BCUT2D eigenvalue weighted by Crippen LogP contribution is 2.54. The lowest BCUT2D eigenvalue weighted by atomic mass is 9.60. The Morgan fingerprint density at radius 3 is 2.62 bits per heavy atom. The Kier molecular flexibility index (Phi) is 4.51. The van der Waals surface area contributed by atoms with Gasteiger partial charge in [-0.15, -0.1) is 0 Å². The highest BCUT2D eigenvalue weighted by atomic mass is 16.3. The number of benzene rings is 1. The number of pyridine rings is 1. The van der Waals surface area contributed by atoms with Crippen molar-refractivity contribution in [3.63, 3.8) is 0 Å². The molecule has 5 heteroatoms. The maximum absolute atomic E-state index is 12.6. The molecular formula is C21H25N3O2. The van der Waals surface area contributed by atoms with Gasteiger partial charge in [-0.3, -0.25) is 14.7 Å². The van der Waals surface area contributed by atoms with Crippen molar-refractivity contribution in [3.8, 4) is 0 Å². The molecule has 2 atom stereocenters. The lowest BCUT2D eigenvalue weighted by Crippen LogP contribution is -2.85. The summed E-state index contributed by atoms with van der Waals surface area (Å²) in [5, 5.41) is 9.97. The van der Waals surface area contributed by atoms with Gasteiger partial charge < -0.3 is 10.0 Å². The summed E-state index contributed by atoms with van der Waals surface area (Å²) < 4.78 is 0. The zero-order valence-corrected chi connectivity index (χ0v) is 15.1. The predicted molar refractivity (Wildman–Crippen MR) is 99.4 cm³/mol. The number of carbonyl (C=O) groups is 1. The third-order valence-corrected chi connectivity index (χ3v) is 5.82. The smallest absolute Gasteiger partial charge is 0.223 e. The van der Waals surface area contributed by atoms with Crippen molar-refractivity contribution in [1.82, 2.24) is 14.8 Å². The first-order chi connectivity index (χ1) is 12.7. The van der Waals surface area contributed by atoms with E-state index in [9.17, 15) is 9.90 Å². The molecule has 1 N–H and O–H groups in total. The van der Waals surface area contributed by atoms with Crippen molar-refractivity contribution in [2.24, 2.45) is 0 Å². The fourth-order valence-corrected chi connectivity index (χ4v) is 4.83. The molecule has 1 spiro atoms. The summed E-state index contributed by atoms with van der Waals surface area (Å²) in [7, 11) is 0. The molecule has 5 nitrogen and oxygen atoms in total. The van der Waals surface area contributed by atoms with Crippen LogP contribution in [0.5, 0.6) is 0 Å². The first-order valence-corrected chi connectivity index (χ1v) is 9.29. The molecular weight excluding hydrogens is 326 g/mol. The molecule has 3 heterocycles. The van der Waals surface area contributed by atoms with Crippen LogP contribution in [-0.4, -0.2) is 57.1 Å². The van der Waals surface area contributed by atoms with Crippen LogP contribution in [0.15, 0.2) is 54.9 Å². The Balaban J connectivity index is 1.58. The molecule has 1 aromatic heterocycles. The van der Waals surface area contributed by atoms with Gasteiger partial charge in [0.2, 0.25) is 5.91 Å². The van der Waals surface area contributed by atoms with E-state index >= 15 is 0 Å². The molecule has 26 heavy (non-hydrogen) atoms. The summed E-state index contributed by atoms with van der Waals surface area (Å²) in [5.41, 5.74) is 2.21. The van der Waals surface area contributed by atoms with E-state index in [0.717, 1.165) is 19.6 Å². The van der Waals surface area contributed by atoms with E-state index in [1.807, 2.05) is 42.3 Å². The summed E-state index contributed by atoms with van der Waals surface area (Å²) in [4.78, 5) is 21.1. The second kappa shape index (κ2) is 6.82. The number of aliphatic hydroxyl groups is 1. The number of aromatic nitrogens is 1.